The normalized spacial score (nSPS) is 31.0. The SMILES string of the molecule is CC1(C)[C@@H]2CC3OB([C@H](Cn4cc(C(=O)O)nn4)NC(=O)Cc4cccs4)O[C@@]3(C)[C@H]1C2. The number of aromatic carboxylic acids is 1. The number of carbonyl (C=O) groups excluding carboxylic acids is 1. The summed E-state index contributed by atoms with van der Waals surface area (Å²) in [4.78, 5) is 25.0. The molecule has 1 aliphatic heterocycles. The second-order valence-corrected chi connectivity index (χ2v) is 10.9. The number of carboxylic acids is 1. The fraction of sp³-hybridized carbons (Fsp3) is 0.619. The molecule has 5 atom stereocenters. The molecule has 170 valence electrons. The molecule has 1 saturated heterocycles. The third-order valence-electron chi connectivity index (χ3n) is 7.70. The number of carboxylic acid groups (broad SMARTS) is 1. The number of carbonyl (C=O) groups is 2. The average molecular weight is 458 g/mol. The molecule has 0 spiro atoms. The molecule has 32 heavy (non-hydrogen) atoms. The van der Waals surface area contributed by atoms with Gasteiger partial charge in [-0.25, -0.2) is 4.79 Å². The minimum absolute atomic E-state index is 0.0219. The average Bonchev–Trinajstić information content (AvgIpc) is 3.45. The Bertz CT molecular complexity index is 1030. The number of amides is 1. The molecule has 1 unspecified atom stereocenters. The molecule has 4 aliphatic rings. The lowest BCUT2D eigenvalue weighted by molar-refractivity contribution is -0.199. The molecule has 3 heterocycles. The van der Waals surface area contributed by atoms with Crippen LogP contribution in [0.15, 0.2) is 23.7 Å². The van der Waals surface area contributed by atoms with Gasteiger partial charge in [-0.3, -0.25) is 9.48 Å². The summed E-state index contributed by atoms with van der Waals surface area (Å²) in [6, 6.07) is 3.83. The number of nitrogens with zero attached hydrogens (tertiary/aromatic N) is 3. The zero-order chi connectivity index (χ0) is 22.7. The second-order valence-electron chi connectivity index (χ2n) is 9.90. The second kappa shape index (κ2) is 7.67. The van der Waals surface area contributed by atoms with E-state index >= 15 is 0 Å². The summed E-state index contributed by atoms with van der Waals surface area (Å²) in [5, 5.41) is 21.7. The Morgan fingerprint density at radius 2 is 2.22 bits per heavy atom. The summed E-state index contributed by atoms with van der Waals surface area (Å²) in [5.74, 6) is -0.811. The number of nitrogens with one attached hydrogen (secondary N) is 1. The maximum Gasteiger partial charge on any atom is 0.483 e. The van der Waals surface area contributed by atoms with Gasteiger partial charge in [0, 0.05) is 4.88 Å². The number of thiophene rings is 1. The van der Waals surface area contributed by atoms with Crippen molar-refractivity contribution in [1.29, 1.82) is 0 Å². The smallest absolute Gasteiger partial charge is 0.476 e. The van der Waals surface area contributed by atoms with Crippen LogP contribution in [-0.4, -0.2) is 56.7 Å². The van der Waals surface area contributed by atoms with Gasteiger partial charge >= 0.3 is 13.1 Å². The first-order valence-electron chi connectivity index (χ1n) is 11.0. The summed E-state index contributed by atoms with van der Waals surface area (Å²) in [6.07, 6.45) is 3.67. The minimum Gasteiger partial charge on any atom is -0.476 e. The van der Waals surface area contributed by atoms with Gasteiger partial charge in [0.2, 0.25) is 5.91 Å². The minimum atomic E-state index is -1.15. The Balaban J connectivity index is 1.35. The molecule has 2 N–H and O–H groups in total. The van der Waals surface area contributed by atoms with Crippen molar-refractivity contribution in [2.45, 2.75) is 64.2 Å². The van der Waals surface area contributed by atoms with Gasteiger partial charge in [0.1, 0.15) is 0 Å². The van der Waals surface area contributed by atoms with E-state index in [9.17, 15) is 9.59 Å². The third kappa shape index (κ3) is 3.56. The van der Waals surface area contributed by atoms with Crippen molar-refractivity contribution in [3.63, 3.8) is 0 Å². The van der Waals surface area contributed by atoms with E-state index in [1.165, 1.54) is 22.2 Å². The van der Waals surface area contributed by atoms with E-state index in [0.717, 1.165) is 17.7 Å². The summed E-state index contributed by atoms with van der Waals surface area (Å²) in [7, 11) is -0.648. The topological polar surface area (TPSA) is 116 Å². The Morgan fingerprint density at radius 3 is 2.88 bits per heavy atom. The maximum absolute atomic E-state index is 12.8. The van der Waals surface area contributed by atoms with Gasteiger partial charge in [0.05, 0.1) is 36.8 Å². The van der Waals surface area contributed by atoms with E-state index in [4.69, 9.17) is 14.4 Å². The van der Waals surface area contributed by atoms with Crippen LogP contribution in [0.4, 0.5) is 0 Å². The largest absolute Gasteiger partial charge is 0.483 e. The van der Waals surface area contributed by atoms with E-state index < -0.39 is 24.6 Å². The lowest BCUT2D eigenvalue weighted by Crippen LogP contribution is -2.65. The van der Waals surface area contributed by atoms with Crippen LogP contribution in [0.25, 0.3) is 0 Å². The Kier molecular flexibility index (Phi) is 5.18. The predicted octanol–water partition coefficient (Wildman–Crippen LogP) is 2.03. The van der Waals surface area contributed by atoms with Gasteiger partial charge in [0.25, 0.3) is 0 Å². The van der Waals surface area contributed by atoms with Gasteiger partial charge in [-0.2, -0.15) is 0 Å². The molecule has 4 fully saturated rings. The molecular formula is C21H27BN4O5S. The molecule has 6 rings (SSSR count). The van der Waals surface area contributed by atoms with Crippen LogP contribution >= 0.6 is 11.3 Å². The Labute approximate surface area is 190 Å². The highest BCUT2D eigenvalue weighted by molar-refractivity contribution is 7.10. The molecule has 1 amide bonds. The van der Waals surface area contributed by atoms with Gasteiger partial charge in [0.15, 0.2) is 5.69 Å². The van der Waals surface area contributed by atoms with Crippen molar-refractivity contribution in [2.75, 3.05) is 0 Å². The van der Waals surface area contributed by atoms with Crippen molar-refractivity contribution in [1.82, 2.24) is 20.3 Å². The molecule has 2 aromatic heterocycles. The summed E-state index contributed by atoms with van der Waals surface area (Å²) >= 11 is 1.53. The molecule has 2 aromatic rings. The first kappa shape index (κ1) is 21.6. The van der Waals surface area contributed by atoms with Crippen molar-refractivity contribution in [3.8, 4) is 0 Å². The van der Waals surface area contributed by atoms with Crippen LogP contribution in [0.2, 0.25) is 0 Å². The highest BCUT2D eigenvalue weighted by Crippen LogP contribution is 2.65. The van der Waals surface area contributed by atoms with E-state index in [1.54, 1.807) is 0 Å². The molecular weight excluding hydrogens is 431 g/mol. The number of hydrogen-bond acceptors (Lipinski definition) is 7. The zero-order valence-corrected chi connectivity index (χ0v) is 19.2. The number of aromatic nitrogens is 3. The highest BCUT2D eigenvalue weighted by Gasteiger charge is 2.68. The number of hydrogen-bond donors (Lipinski definition) is 2. The monoisotopic (exact) mass is 458 g/mol. The Hall–Kier alpha value is -2.24. The first-order chi connectivity index (χ1) is 15.2. The van der Waals surface area contributed by atoms with E-state index in [1.807, 2.05) is 17.5 Å². The molecule has 11 heteroatoms. The highest BCUT2D eigenvalue weighted by atomic mass is 32.1. The van der Waals surface area contributed by atoms with Crippen molar-refractivity contribution in [3.05, 3.63) is 34.3 Å². The van der Waals surface area contributed by atoms with Gasteiger partial charge in [-0.05, 0) is 48.5 Å². The first-order valence-corrected chi connectivity index (χ1v) is 11.8. The lowest BCUT2D eigenvalue weighted by atomic mass is 9.43. The van der Waals surface area contributed by atoms with Crippen molar-refractivity contribution in [2.24, 2.45) is 17.3 Å². The van der Waals surface area contributed by atoms with E-state index in [0.29, 0.717) is 11.8 Å². The Morgan fingerprint density at radius 1 is 1.41 bits per heavy atom. The van der Waals surface area contributed by atoms with Crippen LogP contribution in [0.1, 0.15) is 49.0 Å². The molecule has 9 nitrogen and oxygen atoms in total. The summed E-state index contributed by atoms with van der Waals surface area (Å²) in [5.41, 5.74) is -0.345. The number of rotatable bonds is 7. The lowest BCUT2D eigenvalue weighted by Gasteiger charge is -2.64. The maximum atomic E-state index is 12.8. The van der Waals surface area contributed by atoms with Crippen molar-refractivity contribution >= 4 is 30.3 Å². The van der Waals surface area contributed by atoms with Crippen molar-refractivity contribution < 1.29 is 24.0 Å². The molecule has 3 aliphatic carbocycles. The van der Waals surface area contributed by atoms with E-state index in [-0.39, 0.29) is 36.1 Å². The van der Waals surface area contributed by atoms with Crippen LogP contribution in [-0.2, 0) is 27.1 Å². The van der Waals surface area contributed by atoms with E-state index in [2.05, 4.69) is 36.4 Å². The molecule has 3 saturated carbocycles. The molecule has 0 radical (unpaired) electrons. The predicted molar refractivity (Wildman–Crippen MR) is 117 cm³/mol. The quantitative estimate of drug-likeness (QED) is 0.610. The van der Waals surface area contributed by atoms with Gasteiger partial charge < -0.3 is 19.7 Å². The van der Waals surface area contributed by atoms with Gasteiger partial charge in [-0.15, -0.1) is 16.4 Å². The van der Waals surface area contributed by atoms with Crippen LogP contribution in [0.3, 0.4) is 0 Å². The summed E-state index contributed by atoms with van der Waals surface area (Å²) < 4.78 is 14.3. The summed E-state index contributed by atoms with van der Waals surface area (Å²) in [6.45, 7) is 6.92. The standard InChI is InChI=1S/C21H27BN4O5S/c1-20(2)12-7-15(20)21(3)16(8-12)30-22(31-21)17(11-26-10-14(19(28)29)24-25-26)23-18(27)9-13-5-4-6-32-13/h4-6,10,12,15-17H,7-9,11H2,1-3H3,(H,23,27)(H,28,29)/t12-,15-,16?,17-,21-/m0/s1. The fourth-order valence-corrected chi connectivity index (χ4v) is 6.49. The zero-order valence-electron chi connectivity index (χ0n) is 18.4. The van der Waals surface area contributed by atoms with Crippen LogP contribution in [0, 0.1) is 17.3 Å². The fourth-order valence-electron chi connectivity index (χ4n) is 5.79. The molecule has 2 bridgehead atoms. The molecule has 0 aromatic carbocycles. The van der Waals surface area contributed by atoms with Gasteiger partial charge in [-0.1, -0.05) is 25.1 Å². The third-order valence-corrected chi connectivity index (χ3v) is 8.58. The van der Waals surface area contributed by atoms with Crippen LogP contribution < -0.4 is 5.32 Å². The van der Waals surface area contributed by atoms with Crippen LogP contribution in [0.5, 0.6) is 0 Å².